The average molecular weight is 264 g/mol. The number of esters is 1. The summed E-state index contributed by atoms with van der Waals surface area (Å²) < 4.78 is 4.59. The lowest BCUT2D eigenvalue weighted by Gasteiger charge is -2.25. The summed E-state index contributed by atoms with van der Waals surface area (Å²) in [6, 6.07) is 0. The molecule has 0 fully saturated rings. The Kier molecular flexibility index (Phi) is 4.40. The predicted molar refractivity (Wildman–Crippen MR) is 70.5 cm³/mol. The molecular formula is C15H20O4. The van der Waals surface area contributed by atoms with E-state index in [2.05, 4.69) is 10.8 Å². The second-order valence-electron chi connectivity index (χ2n) is 5.27. The summed E-state index contributed by atoms with van der Waals surface area (Å²) in [5, 5.41) is 9.74. The Balaban J connectivity index is 1.77. The van der Waals surface area contributed by atoms with Gasteiger partial charge in [-0.05, 0) is 32.1 Å². The van der Waals surface area contributed by atoms with Crippen molar-refractivity contribution in [2.24, 2.45) is 11.8 Å². The molecule has 0 aliphatic heterocycles. The molecule has 19 heavy (non-hydrogen) atoms. The number of hydrogen-bond acceptors (Lipinski definition) is 4. The van der Waals surface area contributed by atoms with Gasteiger partial charge in [-0.1, -0.05) is 11.6 Å². The zero-order chi connectivity index (χ0) is 13.8. The van der Waals surface area contributed by atoms with Crippen LogP contribution >= 0.6 is 0 Å². The largest absolute Gasteiger partial charge is 0.512 e. The normalized spacial score (nSPS) is 25.6. The Morgan fingerprint density at radius 2 is 2.21 bits per heavy atom. The molecule has 1 N–H and O–H groups in total. The number of methoxy groups -OCH3 is 1. The van der Waals surface area contributed by atoms with E-state index in [9.17, 15) is 14.7 Å². The summed E-state index contributed by atoms with van der Waals surface area (Å²) in [5.41, 5.74) is 1.29. The van der Waals surface area contributed by atoms with Crippen LogP contribution in [0, 0.1) is 11.8 Å². The summed E-state index contributed by atoms with van der Waals surface area (Å²) >= 11 is 0. The minimum absolute atomic E-state index is 0.00638. The topological polar surface area (TPSA) is 63.6 Å². The minimum Gasteiger partial charge on any atom is -0.512 e. The highest BCUT2D eigenvalue weighted by atomic mass is 16.5. The third kappa shape index (κ3) is 3.25. The van der Waals surface area contributed by atoms with Gasteiger partial charge in [0.15, 0.2) is 5.78 Å². The predicted octanol–water partition coefficient (Wildman–Crippen LogP) is 2.70. The first-order valence-electron chi connectivity index (χ1n) is 6.81. The third-order valence-electron chi connectivity index (χ3n) is 4.02. The molecule has 4 nitrogen and oxygen atoms in total. The van der Waals surface area contributed by atoms with E-state index in [0.29, 0.717) is 6.42 Å². The van der Waals surface area contributed by atoms with Gasteiger partial charge in [0.1, 0.15) is 0 Å². The van der Waals surface area contributed by atoms with Crippen molar-refractivity contribution in [1.29, 1.82) is 0 Å². The number of aliphatic hydroxyl groups excluding tert-OH is 1. The smallest absolute Gasteiger partial charge is 0.305 e. The summed E-state index contributed by atoms with van der Waals surface area (Å²) in [7, 11) is 1.40. The van der Waals surface area contributed by atoms with Gasteiger partial charge in [0.05, 0.1) is 12.9 Å². The Hall–Kier alpha value is -1.58. The summed E-state index contributed by atoms with van der Waals surface area (Å²) in [6.07, 6.45) is 8.16. The molecule has 0 aromatic carbocycles. The summed E-state index contributed by atoms with van der Waals surface area (Å²) in [6.45, 7) is 0. The van der Waals surface area contributed by atoms with Gasteiger partial charge in [0.2, 0.25) is 0 Å². The Bertz CT molecular complexity index is 433. The van der Waals surface area contributed by atoms with E-state index in [-0.39, 0.29) is 29.3 Å². The van der Waals surface area contributed by atoms with Crippen molar-refractivity contribution in [3.63, 3.8) is 0 Å². The summed E-state index contributed by atoms with van der Waals surface area (Å²) in [4.78, 5) is 22.6. The molecule has 0 aromatic rings. The van der Waals surface area contributed by atoms with Crippen LogP contribution < -0.4 is 0 Å². The maximum absolute atomic E-state index is 11.6. The van der Waals surface area contributed by atoms with Crippen LogP contribution in [0.15, 0.2) is 23.5 Å². The maximum atomic E-state index is 11.6. The first kappa shape index (κ1) is 13.8. The van der Waals surface area contributed by atoms with Crippen LogP contribution in [0.2, 0.25) is 0 Å². The fraction of sp³-hybridized carbons (Fsp3) is 0.600. The Morgan fingerprint density at radius 3 is 2.95 bits per heavy atom. The van der Waals surface area contributed by atoms with E-state index >= 15 is 0 Å². The molecule has 0 radical (unpaired) electrons. The van der Waals surface area contributed by atoms with E-state index in [1.807, 2.05) is 0 Å². The van der Waals surface area contributed by atoms with Crippen LogP contribution in [0.25, 0.3) is 0 Å². The number of carbonyl (C=O) groups excluding carboxylic acids is 2. The van der Waals surface area contributed by atoms with E-state index in [4.69, 9.17) is 0 Å². The molecule has 2 rings (SSSR count). The first-order chi connectivity index (χ1) is 9.11. The molecule has 0 saturated heterocycles. The van der Waals surface area contributed by atoms with Crippen molar-refractivity contribution < 1.29 is 19.4 Å². The lowest BCUT2D eigenvalue weighted by atomic mass is 9.79. The zero-order valence-corrected chi connectivity index (χ0v) is 11.2. The number of ether oxygens (including phenoxy) is 1. The molecule has 104 valence electrons. The fourth-order valence-electron chi connectivity index (χ4n) is 2.88. The number of allylic oxidation sites excluding steroid dienone is 4. The van der Waals surface area contributed by atoms with Crippen molar-refractivity contribution >= 4 is 11.8 Å². The standard InChI is InChI=1S/C15H20O4/c1-19-15(18)5-3-2-4-10-6-7-11-12(8-10)14(17)9-13(11)16/h6,9,11-12,17H,2-5,7-8H2,1H3/t11-,12+/m0/s1. The minimum atomic E-state index is -0.167. The Morgan fingerprint density at radius 1 is 1.42 bits per heavy atom. The number of ketones is 1. The number of unbranched alkanes of at least 4 members (excludes halogenated alkanes) is 1. The average Bonchev–Trinajstić information content (AvgIpc) is 2.69. The van der Waals surface area contributed by atoms with Crippen LogP contribution in [-0.4, -0.2) is 24.0 Å². The second-order valence-corrected chi connectivity index (χ2v) is 5.27. The molecule has 2 aliphatic rings. The molecule has 0 aromatic heterocycles. The first-order valence-corrected chi connectivity index (χ1v) is 6.81. The van der Waals surface area contributed by atoms with Crippen molar-refractivity contribution in [2.45, 2.75) is 38.5 Å². The zero-order valence-electron chi connectivity index (χ0n) is 11.2. The third-order valence-corrected chi connectivity index (χ3v) is 4.02. The van der Waals surface area contributed by atoms with Gasteiger partial charge in [-0.2, -0.15) is 0 Å². The lowest BCUT2D eigenvalue weighted by Crippen LogP contribution is -2.21. The monoisotopic (exact) mass is 264 g/mol. The number of carbonyl (C=O) groups is 2. The number of fused-ring (bicyclic) bond motifs is 1. The second kappa shape index (κ2) is 6.04. The number of rotatable bonds is 5. The van der Waals surface area contributed by atoms with Gasteiger partial charge in [0.25, 0.3) is 0 Å². The van der Waals surface area contributed by atoms with E-state index in [1.165, 1.54) is 18.8 Å². The molecule has 0 saturated carbocycles. The SMILES string of the molecule is COC(=O)CCCCC1=CC[C@@H]2C(=O)C=C(O)[C@@H]2C1. The van der Waals surface area contributed by atoms with E-state index in [0.717, 1.165) is 32.1 Å². The van der Waals surface area contributed by atoms with Gasteiger partial charge in [-0.15, -0.1) is 0 Å². The van der Waals surface area contributed by atoms with Crippen molar-refractivity contribution in [2.75, 3.05) is 7.11 Å². The molecule has 0 unspecified atom stereocenters. The van der Waals surface area contributed by atoms with Crippen LogP contribution in [0.3, 0.4) is 0 Å². The molecule has 2 aliphatic carbocycles. The number of aliphatic hydroxyl groups is 1. The van der Waals surface area contributed by atoms with Gasteiger partial charge >= 0.3 is 5.97 Å². The fourth-order valence-corrected chi connectivity index (χ4v) is 2.88. The van der Waals surface area contributed by atoms with Crippen molar-refractivity contribution in [3.05, 3.63) is 23.5 Å². The maximum Gasteiger partial charge on any atom is 0.305 e. The molecule has 0 amide bonds. The lowest BCUT2D eigenvalue weighted by molar-refractivity contribution is -0.140. The van der Waals surface area contributed by atoms with Crippen LogP contribution in [-0.2, 0) is 14.3 Å². The van der Waals surface area contributed by atoms with Gasteiger partial charge in [-0.25, -0.2) is 0 Å². The van der Waals surface area contributed by atoms with Crippen LogP contribution in [0.1, 0.15) is 38.5 Å². The van der Waals surface area contributed by atoms with Crippen LogP contribution in [0.4, 0.5) is 0 Å². The highest BCUT2D eigenvalue weighted by Crippen LogP contribution is 2.40. The summed E-state index contributed by atoms with van der Waals surface area (Å²) in [5.74, 6) is 0.0882. The van der Waals surface area contributed by atoms with Gasteiger partial charge in [0, 0.05) is 24.3 Å². The van der Waals surface area contributed by atoms with Crippen molar-refractivity contribution in [3.8, 4) is 0 Å². The molecule has 0 bridgehead atoms. The van der Waals surface area contributed by atoms with Crippen LogP contribution in [0.5, 0.6) is 0 Å². The Labute approximate surface area is 113 Å². The highest BCUT2D eigenvalue weighted by Gasteiger charge is 2.37. The quantitative estimate of drug-likeness (QED) is 0.471. The molecular weight excluding hydrogens is 244 g/mol. The molecule has 2 atom stereocenters. The highest BCUT2D eigenvalue weighted by molar-refractivity contribution is 5.95. The van der Waals surface area contributed by atoms with Gasteiger partial charge in [-0.3, -0.25) is 9.59 Å². The van der Waals surface area contributed by atoms with Gasteiger partial charge < -0.3 is 9.84 Å². The van der Waals surface area contributed by atoms with Crippen molar-refractivity contribution in [1.82, 2.24) is 0 Å². The molecule has 4 heteroatoms. The molecule has 0 spiro atoms. The van der Waals surface area contributed by atoms with E-state index < -0.39 is 0 Å². The van der Waals surface area contributed by atoms with E-state index in [1.54, 1.807) is 0 Å². The number of hydrogen-bond donors (Lipinski definition) is 1. The molecule has 0 heterocycles.